The molecule has 0 spiro atoms. The fourth-order valence-electron chi connectivity index (χ4n) is 2.05. The standard InChI is InChI=1S/C18H21NO2S/c1-12-7-5-10-17(13(12)2)19-18(20)14(3)22-16-9-6-8-15(11-16)21-4/h5-11,14H,1-4H3,(H,19,20). The van der Waals surface area contributed by atoms with Crippen molar-refractivity contribution in [1.29, 1.82) is 0 Å². The normalized spacial score (nSPS) is 11.8. The van der Waals surface area contributed by atoms with Crippen molar-refractivity contribution >= 4 is 23.4 Å². The second kappa shape index (κ2) is 7.36. The molecule has 4 heteroatoms. The molecular formula is C18H21NO2S. The number of hydrogen-bond acceptors (Lipinski definition) is 3. The van der Waals surface area contributed by atoms with Crippen molar-refractivity contribution in [2.75, 3.05) is 12.4 Å². The zero-order valence-corrected chi connectivity index (χ0v) is 14.2. The van der Waals surface area contributed by atoms with Gasteiger partial charge in [0.05, 0.1) is 12.4 Å². The molecule has 1 N–H and O–H groups in total. The minimum Gasteiger partial charge on any atom is -0.497 e. The summed E-state index contributed by atoms with van der Waals surface area (Å²) in [5.74, 6) is 0.800. The van der Waals surface area contributed by atoms with Gasteiger partial charge >= 0.3 is 0 Å². The van der Waals surface area contributed by atoms with E-state index in [1.54, 1.807) is 7.11 Å². The number of methoxy groups -OCH3 is 1. The molecule has 0 aromatic heterocycles. The van der Waals surface area contributed by atoms with Crippen LogP contribution in [-0.2, 0) is 4.79 Å². The highest BCUT2D eigenvalue weighted by Gasteiger charge is 2.16. The van der Waals surface area contributed by atoms with Crippen molar-refractivity contribution in [1.82, 2.24) is 0 Å². The Bertz CT molecular complexity index is 670. The predicted octanol–water partition coefficient (Wildman–Crippen LogP) is 4.43. The number of carbonyl (C=O) groups is 1. The van der Waals surface area contributed by atoms with E-state index in [4.69, 9.17) is 4.74 Å². The van der Waals surface area contributed by atoms with Crippen molar-refractivity contribution < 1.29 is 9.53 Å². The summed E-state index contributed by atoms with van der Waals surface area (Å²) in [6, 6.07) is 13.7. The van der Waals surface area contributed by atoms with Gasteiger partial charge in [0.25, 0.3) is 0 Å². The average Bonchev–Trinajstić information content (AvgIpc) is 2.52. The third-order valence-corrected chi connectivity index (χ3v) is 4.68. The van der Waals surface area contributed by atoms with Crippen LogP contribution in [-0.4, -0.2) is 18.3 Å². The van der Waals surface area contributed by atoms with E-state index in [0.29, 0.717) is 0 Å². The molecule has 1 amide bonds. The Kier molecular flexibility index (Phi) is 5.50. The van der Waals surface area contributed by atoms with Crippen LogP contribution in [0, 0.1) is 13.8 Å². The number of nitrogens with one attached hydrogen (secondary N) is 1. The first-order valence-corrected chi connectivity index (χ1v) is 8.07. The molecule has 3 nitrogen and oxygen atoms in total. The molecule has 0 radical (unpaired) electrons. The zero-order valence-electron chi connectivity index (χ0n) is 13.3. The monoisotopic (exact) mass is 315 g/mol. The van der Waals surface area contributed by atoms with Crippen LogP contribution in [0.4, 0.5) is 5.69 Å². The Morgan fingerprint density at radius 2 is 1.91 bits per heavy atom. The highest BCUT2D eigenvalue weighted by atomic mass is 32.2. The Balaban J connectivity index is 2.04. The summed E-state index contributed by atoms with van der Waals surface area (Å²) >= 11 is 1.52. The smallest absolute Gasteiger partial charge is 0.237 e. The number of benzene rings is 2. The molecule has 0 bridgehead atoms. The largest absolute Gasteiger partial charge is 0.497 e. The molecule has 0 aliphatic rings. The van der Waals surface area contributed by atoms with Crippen molar-refractivity contribution in [2.45, 2.75) is 30.9 Å². The number of ether oxygens (including phenoxy) is 1. The Labute approximate surface area is 136 Å². The molecule has 1 atom stereocenters. The minimum atomic E-state index is -0.188. The van der Waals surface area contributed by atoms with Crippen LogP contribution < -0.4 is 10.1 Å². The molecular weight excluding hydrogens is 294 g/mol. The highest BCUT2D eigenvalue weighted by Crippen LogP contribution is 2.27. The first kappa shape index (κ1) is 16.4. The van der Waals surface area contributed by atoms with Gasteiger partial charge in [-0.1, -0.05) is 18.2 Å². The summed E-state index contributed by atoms with van der Waals surface area (Å²) in [6.45, 7) is 5.97. The van der Waals surface area contributed by atoms with Gasteiger partial charge < -0.3 is 10.1 Å². The molecule has 0 saturated carbocycles. The van der Waals surface area contributed by atoms with Crippen molar-refractivity contribution in [3.63, 3.8) is 0 Å². The topological polar surface area (TPSA) is 38.3 Å². The summed E-state index contributed by atoms with van der Waals surface area (Å²) < 4.78 is 5.21. The molecule has 2 rings (SSSR count). The van der Waals surface area contributed by atoms with E-state index in [1.807, 2.05) is 63.2 Å². The van der Waals surface area contributed by atoms with Crippen LogP contribution in [0.1, 0.15) is 18.1 Å². The molecule has 0 heterocycles. The molecule has 0 saturated heterocycles. The minimum absolute atomic E-state index is 0.00141. The van der Waals surface area contributed by atoms with E-state index < -0.39 is 0 Å². The summed E-state index contributed by atoms with van der Waals surface area (Å²) in [7, 11) is 1.64. The Morgan fingerprint density at radius 3 is 2.64 bits per heavy atom. The fraction of sp³-hybridized carbons (Fsp3) is 0.278. The summed E-state index contributed by atoms with van der Waals surface area (Å²) in [4.78, 5) is 13.4. The molecule has 22 heavy (non-hydrogen) atoms. The molecule has 0 fully saturated rings. The highest BCUT2D eigenvalue weighted by molar-refractivity contribution is 8.00. The average molecular weight is 315 g/mol. The van der Waals surface area contributed by atoms with Crippen LogP contribution in [0.15, 0.2) is 47.4 Å². The summed E-state index contributed by atoms with van der Waals surface area (Å²) in [6.07, 6.45) is 0. The van der Waals surface area contributed by atoms with Crippen LogP contribution in [0.2, 0.25) is 0 Å². The first-order valence-electron chi connectivity index (χ1n) is 7.19. The van der Waals surface area contributed by atoms with E-state index in [0.717, 1.165) is 21.9 Å². The number of anilines is 1. The number of aryl methyl sites for hydroxylation is 1. The van der Waals surface area contributed by atoms with Gasteiger partial charge in [-0.3, -0.25) is 4.79 Å². The number of rotatable bonds is 5. The Hall–Kier alpha value is -1.94. The SMILES string of the molecule is COc1cccc(SC(C)C(=O)Nc2cccc(C)c2C)c1. The number of hydrogen-bond donors (Lipinski definition) is 1. The maximum Gasteiger partial charge on any atom is 0.237 e. The van der Waals surface area contributed by atoms with Crippen LogP contribution in [0.3, 0.4) is 0 Å². The van der Waals surface area contributed by atoms with E-state index in [9.17, 15) is 4.79 Å². The third-order valence-electron chi connectivity index (χ3n) is 3.59. The lowest BCUT2D eigenvalue weighted by atomic mass is 10.1. The second-order valence-electron chi connectivity index (χ2n) is 5.18. The van der Waals surface area contributed by atoms with Gasteiger partial charge in [-0.15, -0.1) is 11.8 Å². The Morgan fingerprint density at radius 1 is 1.18 bits per heavy atom. The van der Waals surface area contributed by atoms with Crippen LogP contribution in [0.5, 0.6) is 5.75 Å². The molecule has 0 aliphatic heterocycles. The maximum atomic E-state index is 12.4. The molecule has 1 unspecified atom stereocenters. The lowest BCUT2D eigenvalue weighted by molar-refractivity contribution is -0.115. The number of amides is 1. The van der Waals surface area contributed by atoms with Crippen LogP contribution >= 0.6 is 11.8 Å². The van der Waals surface area contributed by atoms with Gasteiger partial charge in [0, 0.05) is 10.6 Å². The second-order valence-corrected chi connectivity index (χ2v) is 6.59. The van der Waals surface area contributed by atoms with Crippen molar-refractivity contribution in [3.8, 4) is 5.75 Å². The van der Waals surface area contributed by atoms with E-state index >= 15 is 0 Å². The third kappa shape index (κ3) is 4.04. The lowest BCUT2D eigenvalue weighted by Crippen LogP contribution is -2.22. The van der Waals surface area contributed by atoms with Crippen molar-refractivity contribution in [2.24, 2.45) is 0 Å². The van der Waals surface area contributed by atoms with E-state index in [1.165, 1.54) is 17.3 Å². The fourth-order valence-corrected chi connectivity index (χ4v) is 2.97. The summed E-state index contributed by atoms with van der Waals surface area (Å²) in [5, 5.41) is 2.82. The number of thioether (sulfide) groups is 1. The molecule has 116 valence electrons. The quantitative estimate of drug-likeness (QED) is 0.829. The first-order chi connectivity index (χ1) is 10.5. The van der Waals surface area contributed by atoms with Gasteiger partial charge in [0.15, 0.2) is 0 Å². The van der Waals surface area contributed by atoms with Gasteiger partial charge in [0.2, 0.25) is 5.91 Å². The number of carbonyl (C=O) groups excluding carboxylic acids is 1. The maximum absolute atomic E-state index is 12.4. The van der Waals surface area contributed by atoms with E-state index in [-0.39, 0.29) is 11.2 Å². The van der Waals surface area contributed by atoms with Gasteiger partial charge in [0.1, 0.15) is 5.75 Å². The van der Waals surface area contributed by atoms with Gasteiger partial charge in [-0.05, 0) is 56.2 Å². The van der Waals surface area contributed by atoms with Gasteiger partial charge in [-0.25, -0.2) is 0 Å². The summed E-state index contributed by atoms with van der Waals surface area (Å²) in [5.41, 5.74) is 3.16. The lowest BCUT2D eigenvalue weighted by Gasteiger charge is -2.15. The van der Waals surface area contributed by atoms with Gasteiger partial charge in [-0.2, -0.15) is 0 Å². The molecule has 0 aliphatic carbocycles. The molecule has 2 aromatic rings. The van der Waals surface area contributed by atoms with Crippen molar-refractivity contribution in [3.05, 3.63) is 53.6 Å². The zero-order chi connectivity index (χ0) is 16.1. The molecule has 2 aromatic carbocycles. The predicted molar refractivity (Wildman–Crippen MR) is 92.9 cm³/mol. The van der Waals surface area contributed by atoms with E-state index in [2.05, 4.69) is 5.32 Å². The van der Waals surface area contributed by atoms with Crippen LogP contribution in [0.25, 0.3) is 0 Å².